The molecular formula is C20H28FN3O2. The first-order valence-corrected chi connectivity index (χ1v) is 9.27. The molecule has 1 aliphatic heterocycles. The Kier molecular flexibility index (Phi) is 6.40. The summed E-state index contributed by atoms with van der Waals surface area (Å²) in [6, 6.07) is 6.19. The van der Waals surface area contributed by atoms with Gasteiger partial charge in [-0.15, -0.1) is 0 Å². The van der Waals surface area contributed by atoms with Gasteiger partial charge in [-0.2, -0.15) is 0 Å². The molecular weight excluding hydrogens is 333 g/mol. The van der Waals surface area contributed by atoms with Gasteiger partial charge in [0.2, 0.25) is 0 Å². The number of benzene rings is 1. The van der Waals surface area contributed by atoms with Gasteiger partial charge in [-0.1, -0.05) is 6.07 Å². The number of hydrogen-bond donors (Lipinski definition) is 1. The van der Waals surface area contributed by atoms with Crippen LogP contribution in [0.5, 0.6) is 0 Å². The topological polar surface area (TPSA) is 48.6 Å². The molecule has 1 aromatic carbocycles. The van der Waals surface area contributed by atoms with Gasteiger partial charge in [0.25, 0.3) is 0 Å². The molecule has 1 N–H and O–H groups in total. The van der Waals surface area contributed by atoms with Crippen molar-refractivity contribution < 1.29 is 9.13 Å². The Bertz CT molecular complexity index is 792. The number of H-pyrrole nitrogens is 1. The van der Waals surface area contributed by atoms with Crippen molar-refractivity contribution in [2.75, 3.05) is 46.9 Å². The number of halogens is 1. The first kappa shape index (κ1) is 19.0. The zero-order valence-corrected chi connectivity index (χ0v) is 15.6. The summed E-state index contributed by atoms with van der Waals surface area (Å²) in [5, 5.41) is 0.400. The second kappa shape index (κ2) is 8.75. The molecule has 0 bridgehead atoms. The van der Waals surface area contributed by atoms with Crippen molar-refractivity contribution in [2.24, 2.45) is 5.92 Å². The smallest absolute Gasteiger partial charge is 0.189 e. The van der Waals surface area contributed by atoms with Crippen LogP contribution in [0.1, 0.15) is 18.5 Å². The van der Waals surface area contributed by atoms with Gasteiger partial charge in [0.15, 0.2) is 5.43 Å². The Hall–Kier alpha value is -1.76. The predicted octanol–water partition coefficient (Wildman–Crippen LogP) is 2.46. The zero-order chi connectivity index (χ0) is 18.5. The molecule has 0 saturated carbocycles. The molecule has 0 amide bonds. The third-order valence-corrected chi connectivity index (χ3v) is 5.09. The molecule has 26 heavy (non-hydrogen) atoms. The van der Waals surface area contributed by atoms with Crippen LogP contribution in [-0.2, 0) is 11.3 Å². The molecule has 0 radical (unpaired) electrons. The second-order valence-corrected chi connectivity index (χ2v) is 7.32. The number of pyridine rings is 1. The van der Waals surface area contributed by atoms with Gasteiger partial charge >= 0.3 is 0 Å². The van der Waals surface area contributed by atoms with Gasteiger partial charge in [0, 0.05) is 50.4 Å². The Morgan fingerprint density at radius 1 is 1.42 bits per heavy atom. The number of piperidine rings is 1. The van der Waals surface area contributed by atoms with Crippen molar-refractivity contribution in [3.63, 3.8) is 0 Å². The molecule has 1 atom stereocenters. The maximum atomic E-state index is 14.0. The molecule has 1 aromatic heterocycles. The fraction of sp³-hybridized carbons (Fsp3) is 0.550. The van der Waals surface area contributed by atoms with Crippen LogP contribution in [0.25, 0.3) is 10.9 Å². The summed E-state index contributed by atoms with van der Waals surface area (Å²) < 4.78 is 19.2. The van der Waals surface area contributed by atoms with Crippen LogP contribution < -0.4 is 5.43 Å². The molecule has 1 saturated heterocycles. The fourth-order valence-electron chi connectivity index (χ4n) is 3.89. The van der Waals surface area contributed by atoms with E-state index in [0.29, 0.717) is 23.4 Å². The quantitative estimate of drug-likeness (QED) is 0.823. The van der Waals surface area contributed by atoms with Crippen molar-refractivity contribution in [1.29, 1.82) is 0 Å². The third-order valence-electron chi connectivity index (χ3n) is 5.09. The lowest BCUT2D eigenvalue weighted by Gasteiger charge is -2.34. The summed E-state index contributed by atoms with van der Waals surface area (Å²) in [4.78, 5) is 20.0. The maximum Gasteiger partial charge on any atom is 0.189 e. The molecule has 0 unspecified atom stereocenters. The second-order valence-electron chi connectivity index (χ2n) is 7.32. The van der Waals surface area contributed by atoms with E-state index in [1.165, 1.54) is 18.9 Å². The van der Waals surface area contributed by atoms with Gasteiger partial charge in [-0.3, -0.25) is 4.79 Å². The van der Waals surface area contributed by atoms with E-state index >= 15 is 0 Å². The van der Waals surface area contributed by atoms with E-state index in [1.54, 1.807) is 25.3 Å². The number of fused-ring (bicyclic) bond motifs is 1. The molecule has 2 aromatic rings. The average Bonchev–Trinajstić information content (AvgIpc) is 2.61. The minimum Gasteiger partial charge on any atom is -0.383 e. The largest absolute Gasteiger partial charge is 0.383 e. The van der Waals surface area contributed by atoms with Gasteiger partial charge in [-0.05, 0) is 44.5 Å². The highest BCUT2D eigenvalue weighted by Crippen LogP contribution is 2.18. The van der Waals surface area contributed by atoms with Crippen molar-refractivity contribution in [1.82, 2.24) is 14.8 Å². The first-order valence-electron chi connectivity index (χ1n) is 9.27. The summed E-state index contributed by atoms with van der Waals surface area (Å²) in [7, 11) is 3.79. The monoisotopic (exact) mass is 361 g/mol. The lowest BCUT2D eigenvalue weighted by Crippen LogP contribution is -2.41. The zero-order valence-electron chi connectivity index (χ0n) is 15.6. The number of ether oxygens (including phenoxy) is 1. The summed E-state index contributed by atoms with van der Waals surface area (Å²) in [6.07, 6.45) is 2.43. The van der Waals surface area contributed by atoms with Gasteiger partial charge in [0.1, 0.15) is 5.82 Å². The van der Waals surface area contributed by atoms with E-state index in [2.05, 4.69) is 21.8 Å². The minimum atomic E-state index is -0.384. The molecule has 3 rings (SSSR count). The van der Waals surface area contributed by atoms with Crippen LogP contribution >= 0.6 is 0 Å². The number of aromatic nitrogens is 1. The fourth-order valence-corrected chi connectivity index (χ4v) is 3.89. The van der Waals surface area contributed by atoms with E-state index in [1.807, 2.05) is 0 Å². The van der Waals surface area contributed by atoms with Crippen LogP contribution in [-0.4, -0.2) is 61.7 Å². The Morgan fingerprint density at radius 2 is 2.27 bits per heavy atom. The number of methoxy groups -OCH3 is 1. The molecule has 0 aliphatic carbocycles. The molecule has 6 heteroatoms. The minimum absolute atomic E-state index is 0.134. The first-order chi connectivity index (χ1) is 12.6. The van der Waals surface area contributed by atoms with Gasteiger partial charge in [-0.25, -0.2) is 4.39 Å². The summed E-state index contributed by atoms with van der Waals surface area (Å²) in [5.74, 6) is 0.222. The van der Waals surface area contributed by atoms with E-state index < -0.39 is 0 Å². The van der Waals surface area contributed by atoms with E-state index in [-0.39, 0.29) is 11.2 Å². The standard InChI is InChI=1S/C20H28FN3O2/c1-23(12-15-5-4-8-24(13-15)9-10-26-2)14-16-11-19(25)17-6-3-7-18(21)20(17)22-16/h3,6-7,11,15H,4-5,8-10,12-14H2,1-2H3,(H,22,25)/t15-/m1/s1. The van der Waals surface area contributed by atoms with Crippen LogP contribution in [0.15, 0.2) is 29.1 Å². The van der Waals surface area contributed by atoms with Crippen molar-refractivity contribution >= 4 is 10.9 Å². The highest BCUT2D eigenvalue weighted by molar-refractivity contribution is 5.78. The van der Waals surface area contributed by atoms with E-state index in [0.717, 1.165) is 38.5 Å². The third kappa shape index (κ3) is 4.69. The summed E-state index contributed by atoms with van der Waals surface area (Å²) >= 11 is 0. The lowest BCUT2D eigenvalue weighted by molar-refractivity contribution is 0.101. The number of para-hydroxylation sites is 1. The molecule has 1 fully saturated rings. The van der Waals surface area contributed by atoms with Gasteiger partial charge < -0.3 is 19.5 Å². The van der Waals surface area contributed by atoms with Crippen LogP contribution in [0.4, 0.5) is 4.39 Å². The molecule has 5 nitrogen and oxygen atoms in total. The highest BCUT2D eigenvalue weighted by Gasteiger charge is 2.21. The maximum absolute atomic E-state index is 14.0. The highest BCUT2D eigenvalue weighted by atomic mass is 19.1. The van der Waals surface area contributed by atoms with E-state index in [9.17, 15) is 9.18 Å². The number of aromatic amines is 1. The Balaban J connectivity index is 1.63. The average molecular weight is 361 g/mol. The van der Waals surface area contributed by atoms with E-state index in [4.69, 9.17) is 4.74 Å². The number of hydrogen-bond acceptors (Lipinski definition) is 4. The molecule has 2 heterocycles. The number of nitrogens with one attached hydrogen (secondary N) is 1. The Labute approximate surface area is 153 Å². The number of nitrogens with zero attached hydrogens (tertiary/aromatic N) is 2. The van der Waals surface area contributed by atoms with Crippen molar-refractivity contribution in [3.8, 4) is 0 Å². The van der Waals surface area contributed by atoms with Gasteiger partial charge in [0.05, 0.1) is 12.1 Å². The summed E-state index contributed by atoms with van der Waals surface area (Å²) in [6.45, 7) is 5.53. The Morgan fingerprint density at radius 3 is 3.08 bits per heavy atom. The van der Waals surface area contributed by atoms with Crippen molar-refractivity contribution in [2.45, 2.75) is 19.4 Å². The lowest BCUT2D eigenvalue weighted by atomic mass is 9.97. The van der Waals surface area contributed by atoms with Crippen LogP contribution in [0, 0.1) is 11.7 Å². The molecule has 142 valence electrons. The molecule has 0 spiro atoms. The van der Waals surface area contributed by atoms with Crippen LogP contribution in [0.2, 0.25) is 0 Å². The van der Waals surface area contributed by atoms with Crippen LogP contribution in [0.3, 0.4) is 0 Å². The SMILES string of the molecule is COCCN1CCC[C@H](CN(C)Cc2cc(=O)c3cccc(F)c3[nH]2)C1. The van der Waals surface area contributed by atoms with Crippen molar-refractivity contribution in [3.05, 3.63) is 46.0 Å². The number of likely N-dealkylation sites (tertiary alicyclic amines) is 1. The summed E-state index contributed by atoms with van der Waals surface area (Å²) in [5.41, 5.74) is 0.916. The number of rotatable bonds is 7. The molecule has 1 aliphatic rings. The predicted molar refractivity (Wildman–Crippen MR) is 102 cm³/mol. The normalized spacial score (nSPS) is 18.7.